The van der Waals surface area contributed by atoms with E-state index in [-0.39, 0.29) is 5.91 Å². The van der Waals surface area contributed by atoms with Crippen molar-refractivity contribution in [3.8, 4) is 0 Å². The van der Waals surface area contributed by atoms with E-state index in [0.717, 1.165) is 25.3 Å². The maximum atomic E-state index is 11.9. The second-order valence-electron chi connectivity index (χ2n) is 4.37. The number of carbonyl (C=O) groups excluding carboxylic acids is 1. The molecule has 0 radical (unpaired) electrons. The van der Waals surface area contributed by atoms with E-state index in [2.05, 4.69) is 17.1 Å². The maximum absolute atomic E-state index is 11.9. The molecule has 1 amide bonds. The summed E-state index contributed by atoms with van der Waals surface area (Å²) in [5.41, 5.74) is 1.82. The van der Waals surface area contributed by atoms with Crippen LogP contribution in [0.2, 0.25) is 0 Å². The van der Waals surface area contributed by atoms with E-state index in [0.29, 0.717) is 18.7 Å². The summed E-state index contributed by atoms with van der Waals surface area (Å²) in [6.45, 7) is 7.07. The topological polar surface area (TPSA) is 41.6 Å². The lowest BCUT2D eigenvalue weighted by Crippen LogP contribution is -2.25. The van der Waals surface area contributed by atoms with Crippen LogP contribution < -0.4 is 10.2 Å². The third kappa shape index (κ3) is 5.30. The lowest BCUT2D eigenvalue weighted by molar-refractivity contribution is 0.0944. The average Bonchev–Trinajstić information content (AvgIpc) is 2.46. The van der Waals surface area contributed by atoms with Gasteiger partial charge in [-0.25, -0.2) is 0 Å². The van der Waals surface area contributed by atoms with Gasteiger partial charge >= 0.3 is 0 Å². The zero-order chi connectivity index (χ0) is 14.1. The van der Waals surface area contributed by atoms with Gasteiger partial charge in [-0.1, -0.05) is 0 Å². The van der Waals surface area contributed by atoms with Crippen molar-refractivity contribution in [2.75, 3.05) is 38.3 Å². The number of nitrogens with one attached hydrogen (secondary N) is 1. The first kappa shape index (κ1) is 15.5. The van der Waals surface area contributed by atoms with Gasteiger partial charge in [-0.2, -0.15) is 0 Å². The van der Waals surface area contributed by atoms with Crippen LogP contribution in [0.25, 0.3) is 0 Å². The smallest absolute Gasteiger partial charge is 0.251 e. The summed E-state index contributed by atoms with van der Waals surface area (Å²) in [5.74, 6) is -0.0257. The Hall–Kier alpha value is -1.55. The minimum Gasteiger partial charge on any atom is -0.382 e. The fourth-order valence-electron chi connectivity index (χ4n) is 1.67. The molecule has 0 aliphatic carbocycles. The Kier molecular flexibility index (Phi) is 6.97. The Bertz CT molecular complexity index is 376. The van der Waals surface area contributed by atoms with Crippen LogP contribution in [-0.2, 0) is 4.74 Å². The predicted octanol–water partition coefficient (Wildman–Crippen LogP) is 2.30. The zero-order valence-corrected chi connectivity index (χ0v) is 12.1. The molecule has 0 aliphatic heterocycles. The van der Waals surface area contributed by atoms with Crippen LogP contribution in [0.1, 0.15) is 30.6 Å². The second kappa shape index (κ2) is 8.53. The van der Waals surface area contributed by atoms with Crippen LogP contribution >= 0.6 is 0 Å². The number of anilines is 1. The summed E-state index contributed by atoms with van der Waals surface area (Å²) in [4.78, 5) is 14.0. The SMILES string of the molecule is CCOCCCNC(=O)c1ccc(N(C)CC)cc1. The Balaban J connectivity index is 2.40. The van der Waals surface area contributed by atoms with Gasteiger partial charge in [0, 0.05) is 44.6 Å². The van der Waals surface area contributed by atoms with Crippen molar-refractivity contribution in [1.82, 2.24) is 5.32 Å². The highest BCUT2D eigenvalue weighted by Crippen LogP contribution is 2.13. The van der Waals surface area contributed by atoms with Gasteiger partial charge in [0.25, 0.3) is 5.91 Å². The summed E-state index contributed by atoms with van der Waals surface area (Å²) in [6.07, 6.45) is 0.843. The third-order valence-electron chi connectivity index (χ3n) is 3.00. The summed E-state index contributed by atoms with van der Waals surface area (Å²) in [7, 11) is 2.03. The molecular weight excluding hydrogens is 240 g/mol. The molecule has 19 heavy (non-hydrogen) atoms. The van der Waals surface area contributed by atoms with Gasteiger partial charge in [0.1, 0.15) is 0 Å². The molecule has 0 aliphatic rings. The fraction of sp³-hybridized carbons (Fsp3) is 0.533. The van der Waals surface area contributed by atoms with Gasteiger partial charge in [-0.15, -0.1) is 0 Å². The highest BCUT2D eigenvalue weighted by molar-refractivity contribution is 5.94. The van der Waals surface area contributed by atoms with Gasteiger partial charge in [0.05, 0.1) is 0 Å². The van der Waals surface area contributed by atoms with E-state index in [9.17, 15) is 4.79 Å². The number of benzene rings is 1. The number of hydrogen-bond donors (Lipinski definition) is 1. The summed E-state index contributed by atoms with van der Waals surface area (Å²) in [5, 5.41) is 2.89. The molecule has 1 aromatic rings. The van der Waals surface area contributed by atoms with Crippen molar-refractivity contribution >= 4 is 11.6 Å². The number of hydrogen-bond acceptors (Lipinski definition) is 3. The molecule has 0 heterocycles. The molecule has 0 bridgehead atoms. The van der Waals surface area contributed by atoms with Crippen LogP contribution in [0.15, 0.2) is 24.3 Å². The molecule has 4 heteroatoms. The van der Waals surface area contributed by atoms with E-state index in [1.807, 2.05) is 38.2 Å². The summed E-state index contributed by atoms with van der Waals surface area (Å²) in [6, 6.07) is 7.66. The van der Waals surface area contributed by atoms with E-state index in [4.69, 9.17) is 4.74 Å². The number of rotatable bonds is 8. The van der Waals surface area contributed by atoms with Crippen LogP contribution in [0.3, 0.4) is 0 Å². The van der Waals surface area contributed by atoms with E-state index >= 15 is 0 Å². The molecule has 0 spiro atoms. The number of nitrogens with zero attached hydrogens (tertiary/aromatic N) is 1. The van der Waals surface area contributed by atoms with Crippen LogP contribution in [-0.4, -0.2) is 39.3 Å². The highest BCUT2D eigenvalue weighted by atomic mass is 16.5. The lowest BCUT2D eigenvalue weighted by Gasteiger charge is -2.16. The van der Waals surface area contributed by atoms with Gasteiger partial charge in [-0.05, 0) is 44.5 Å². The molecule has 1 rings (SSSR count). The fourth-order valence-corrected chi connectivity index (χ4v) is 1.67. The van der Waals surface area contributed by atoms with Crippen molar-refractivity contribution in [3.05, 3.63) is 29.8 Å². The maximum Gasteiger partial charge on any atom is 0.251 e. The monoisotopic (exact) mass is 264 g/mol. The zero-order valence-electron chi connectivity index (χ0n) is 12.1. The first-order chi connectivity index (χ1) is 9.19. The quantitative estimate of drug-likeness (QED) is 0.733. The summed E-state index contributed by atoms with van der Waals surface area (Å²) >= 11 is 0. The Morgan fingerprint density at radius 3 is 2.53 bits per heavy atom. The van der Waals surface area contributed by atoms with E-state index in [1.54, 1.807) is 0 Å². The van der Waals surface area contributed by atoms with Gasteiger partial charge in [0.2, 0.25) is 0 Å². The average molecular weight is 264 g/mol. The number of ether oxygens (including phenoxy) is 1. The Morgan fingerprint density at radius 1 is 1.26 bits per heavy atom. The predicted molar refractivity (Wildman–Crippen MR) is 78.8 cm³/mol. The number of amides is 1. The van der Waals surface area contributed by atoms with Gasteiger partial charge in [0.15, 0.2) is 0 Å². The third-order valence-corrected chi connectivity index (χ3v) is 3.00. The van der Waals surface area contributed by atoms with Gasteiger partial charge in [-0.3, -0.25) is 4.79 Å². The molecule has 0 fully saturated rings. The first-order valence-electron chi connectivity index (χ1n) is 6.86. The molecule has 0 atom stereocenters. The molecule has 0 aromatic heterocycles. The highest BCUT2D eigenvalue weighted by Gasteiger charge is 2.05. The molecule has 0 saturated heterocycles. The Morgan fingerprint density at radius 2 is 1.95 bits per heavy atom. The minimum absolute atomic E-state index is 0.0257. The van der Waals surface area contributed by atoms with Crippen LogP contribution in [0, 0.1) is 0 Å². The normalized spacial score (nSPS) is 10.3. The van der Waals surface area contributed by atoms with Crippen molar-refractivity contribution in [3.63, 3.8) is 0 Å². The minimum atomic E-state index is -0.0257. The van der Waals surface area contributed by atoms with Crippen LogP contribution in [0.4, 0.5) is 5.69 Å². The summed E-state index contributed by atoms with van der Waals surface area (Å²) < 4.78 is 5.22. The van der Waals surface area contributed by atoms with Crippen molar-refractivity contribution in [2.45, 2.75) is 20.3 Å². The first-order valence-corrected chi connectivity index (χ1v) is 6.86. The molecule has 106 valence electrons. The Labute approximate surface area is 115 Å². The molecule has 0 saturated carbocycles. The van der Waals surface area contributed by atoms with Gasteiger partial charge < -0.3 is 15.0 Å². The lowest BCUT2D eigenvalue weighted by atomic mass is 10.2. The molecule has 1 N–H and O–H groups in total. The van der Waals surface area contributed by atoms with Crippen LogP contribution in [0.5, 0.6) is 0 Å². The molecular formula is C15H24N2O2. The molecule has 1 aromatic carbocycles. The van der Waals surface area contributed by atoms with Crippen molar-refractivity contribution in [1.29, 1.82) is 0 Å². The van der Waals surface area contributed by atoms with Crippen molar-refractivity contribution < 1.29 is 9.53 Å². The molecule has 4 nitrogen and oxygen atoms in total. The van der Waals surface area contributed by atoms with E-state index in [1.165, 1.54) is 0 Å². The number of carbonyl (C=O) groups is 1. The van der Waals surface area contributed by atoms with E-state index < -0.39 is 0 Å². The largest absolute Gasteiger partial charge is 0.382 e. The second-order valence-corrected chi connectivity index (χ2v) is 4.37. The molecule has 0 unspecified atom stereocenters. The standard InChI is InChI=1S/C15H24N2O2/c1-4-17(3)14-9-7-13(8-10-14)15(18)16-11-6-12-19-5-2/h7-10H,4-6,11-12H2,1-3H3,(H,16,18). The van der Waals surface area contributed by atoms with Crippen molar-refractivity contribution in [2.24, 2.45) is 0 Å².